The van der Waals surface area contributed by atoms with E-state index in [1.807, 2.05) is 0 Å². The Morgan fingerprint density at radius 1 is 0.889 bits per heavy atom. The second kappa shape index (κ2) is 8.15. The minimum atomic E-state index is 0.534. The normalized spacial score (nSPS) is 18.6. The molecule has 2 heterocycles. The molecule has 1 saturated carbocycles. The highest BCUT2D eigenvalue weighted by Gasteiger charge is 2.20. The molecule has 0 spiro atoms. The smallest absolute Gasteiger partial charge is 0.225 e. The Balaban J connectivity index is 1.41. The molecule has 0 unspecified atom stereocenters. The van der Waals surface area contributed by atoms with Gasteiger partial charge in [-0.3, -0.25) is 0 Å². The number of rotatable bonds is 4. The van der Waals surface area contributed by atoms with E-state index >= 15 is 0 Å². The van der Waals surface area contributed by atoms with Crippen LogP contribution >= 0.6 is 0 Å². The highest BCUT2D eigenvalue weighted by molar-refractivity contribution is 5.52. The summed E-state index contributed by atoms with van der Waals surface area (Å²) in [6.45, 7) is 8.26. The molecule has 2 aromatic rings. The second-order valence-electron chi connectivity index (χ2n) is 7.98. The van der Waals surface area contributed by atoms with Crippen LogP contribution in [-0.4, -0.2) is 42.2 Å². The molecule has 5 heteroatoms. The van der Waals surface area contributed by atoms with E-state index in [9.17, 15) is 0 Å². The van der Waals surface area contributed by atoms with Crippen molar-refractivity contribution in [3.63, 3.8) is 0 Å². The van der Waals surface area contributed by atoms with Crippen LogP contribution in [0.2, 0.25) is 0 Å². The minimum absolute atomic E-state index is 0.534. The first-order valence-electron chi connectivity index (χ1n) is 10.4. The fraction of sp³-hybridized carbons (Fsp3) is 0.545. The largest absolute Gasteiger partial charge is 0.368 e. The van der Waals surface area contributed by atoms with Gasteiger partial charge in [-0.2, -0.15) is 4.98 Å². The van der Waals surface area contributed by atoms with Crippen LogP contribution in [-0.2, 0) is 0 Å². The topological polar surface area (TPSA) is 44.3 Å². The van der Waals surface area contributed by atoms with Gasteiger partial charge < -0.3 is 15.1 Å². The summed E-state index contributed by atoms with van der Waals surface area (Å²) in [7, 11) is 0. The number of anilines is 3. The zero-order valence-corrected chi connectivity index (χ0v) is 16.6. The molecule has 27 heavy (non-hydrogen) atoms. The predicted molar refractivity (Wildman–Crippen MR) is 113 cm³/mol. The third kappa shape index (κ3) is 4.52. The quantitative estimate of drug-likeness (QED) is 0.881. The average molecular weight is 366 g/mol. The van der Waals surface area contributed by atoms with Gasteiger partial charge in [-0.15, -0.1) is 0 Å². The molecule has 5 nitrogen and oxygen atoms in total. The molecule has 1 N–H and O–H groups in total. The summed E-state index contributed by atoms with van der Waals surface area (Å²) in [5, 5.41) is 3.58. The van der Waals surface area contributed by atoms with Crippen molar-refractivity contribution in [1.29, 1.82) is 0 Å². The summed E-state index contributed by atoms with van der Waals surface area (Å²) >= 11 is 0. The van der Waals surface area contributed by atoms with Gasteiger partial charge in [0.25, 0.3) is 0 Å². The van der Waals surface area contributed by atoms with E-state index in [-0.39, 0.29) is 0 Å². The average Bonchev–Trinajstić information content (AvgIpc) is 2.68. The van der Waals surface area contributed by atoms with Crippen molar-refractivity contribution in [3.8, 4) is 0 Å². The van der Waals surface area contributed by atoms with Crippen molar-refractivity contribution in [2.45, 2.75) is 52.0 Å². The van der Waals surface area contributed by atoms with Crippen molar-refractivity contribution in [2.75, 3.05) is 41.3 Å². The maximum atomic E-state index is 4.85. The van der Waals surface area contributed by atoms with E-state index in [1.165, 1.54) is 43.4 Å². The van der Waals surface area contributed by atoms with E-state index in [1.54, 1.807) is 0 Å². The van der Waals surface area contributed by atoms with Gasteiger partial charge in [-0.1, -0.05) is 31.4 Å². The predicted octanol–water partition coefficient (Wildman–Crippen LogP) is 4.16. The first kappa shape index (κ1) is 18.1. The maximum Gasteiger partial charge on any atom is 0.225 e. The Bertz CT molecular complexity index is 761. The van der Waals surface area contributed by atoms with Gasteiger partial charge in [0, 0.05) is 49.7 Å². The molecule has 1 saturated heterocycles. The summed E-state index contributed by atoms with van der Waals surface area (Å²) in [6, 6.07) is 11.4. The maximum absolute atomic E-state index is 4.85. The van der Waals surface area contributed by atoms with Crippen LogP contribution in [0.15, 0.2) is 30.3 Å². The summed E-state index contributed by atoms with van der Waals surface area (Å²) in [5.74, 6) is 1.86. The molecule has 0 amide bonds. The molecular weight excluding hydrogens is 334 g/mol. The summed E-state index contributed by atoms with van der Waals surface area (Å²) < 4.78 is 0. The molecule has 1 aliphatic heterocycles. The van der Waals surface area contributed by atoms with Crippen molar-refractivity contribution >= 4 is 17.5 Å². The number of nitrogens with zero attached hydrogens (tertiary/aromatic N) is 4. The molecule has 1 aromatic heterocycles. The number of piperazine rings is 1. The molecule has 1 aliphatic carbocycles. The summed E-state index contributed by atoms with van der Waals surface area (Å²) in [6.07, 6.45) is 6.47. The third-order valence-corrected chi connectivity index (χ3v) is 5.75. The van der Waals surface area contributed by atoms with Gasteiger partial charge in [0.15, 0.2) is 0 Å². The SMILES string of the molecule is Cc1cccc(N2CCN(c3cc(C)nc(NC4CCCCC4)n3)CC2)c1. The van der Waals surface area contributed by atoms with E-state index < -0.39 is 0 Å². The lowest BCUT2D eigenvalue weighted by atomic mass is 9.96. The summed E-state index contributed by atoms with van der Waals surface area (Å²) in [5.41, 5.74) is 3.69. The fourth-order valence-corrected chi connectivity index (χ4v) is 4.23. The van der Waals surface area contributed by atoms with Gasteiger partial charge in [0.05, 0.1) is 0 Å². The number of hydrogen-bond donors (Lipinski definition) is 1. The zero-order valence-electron chi connectivity index (χ0n) is 16.6. The van der Waals surface area contributed by atoms with E-state index in [0.29, 0.717) is 6.04 Å². The van der Waals surface area contributed by atoms with Crippen LogP contribution in [0, 0.1) is 13.8 Å². The van der Waals surface area contributed by atoms with E-state index in [0.717, 1.165) is 43.6 Å². The lowest BCUT2D eigenvalue weighted by molar-refractivity contribution is 0.460. The molecule has 0 radical (unpaired) electrons. The Morgan fingerprint density at radius 2 is 1.63 bits per heavy atom. The summed E-state index contributed by atoms with van der Waals surface area (Å²) in [4.78, 5) is 14.4. The molecule has 0 atom stereocenters. The fourth-order valence-electron chi connectivity index (χ4n) is 4.23. The van der Waals surface area contributed by atoms with E-state index in [4.69, 9.17) is 4.98 Å². The highest BCUT2D eigenvalue weighted by atomic mass is 15.3. The van der Waals surface area contributed by atoms with Crippen molar-refractivity contribution in [3.05, 3.63) is 41.6 Å². The molecular formula is C22H31N5. The second-order valence-corrected chi connectivity index (χ2v) is 7.98. The van der Waals surface area contributed by atoms with Gasteiger partial charge in [0.1, 0.15) is 5.82 Å². The first-order valence-corrected chi connectivity index (χ1v) is 10.4. The Morgan fingerprint density at radius 3 is 2.37 bits per heavy atom. The van der Waals surface area contributed by atoms with E-state index in [2.05, 4.69) is 64.3 Å². The van der Waals surface area contributed by atoms with Gasteiger partial charge in [-0.25, -0.2) is 4.98 Å². The van der Waals surface area contributed by atoms with Gasteiger partial charge in [-0.05, 0) is 44.4 Å². The van der Waals surface area contributed by atoms with Crippen LogP contribution in [0.25, 0.3) is 0 Å². The van der Waals surface area contributed by atoms with Crippen LogP contribution in [0.3, 0.4) is 0 Å². The molecule has 2 fully saturated rings. The van der Waals surface area contributed by atoms with Gasteiger partial charge in [0.2, 0.25) is 5.95 Å². The molecule has 0 bridgehead atoms. The number of aryl methyl sites for hydroxylation is 2. The number of benzene rings is 1. The lowest BCUT2D eigenvalue weighted by Crippen LogP contribution is -2.47. The van der Waals surface area contributed by atoms with Crippen molar-refractivity contribution in [2.24, 2.45) is 0 Å². The van der Waals surface area contributed by atoms with Crippen LogP contribution in [0.5, 0.6) is 0 Å². The molecule has 1 aromatic carbocycles. The number of hydrogen-bond acceptors (Lipinski definition) is 5. The Hall–Kier alpha value is -2.30. The van der Waals surface area contributed by atoms with Gasteiger partial charge >= 0.3 is 0 Å². The number of aromatic nitrogens is 2. The monoisotopic (exact) mass is 365 g/mol. The highest BCUT2D eigenvalue weighted by Crippen LogP contribution is 2.24. The van der Waals surface area contributed by atoms with Crippen LogP contribution in [0.4, 0.5) is 17.5 Å². The number of nitrogens with one attached hydrogen (secondary N) is 1. The van der Waals surface area contributed by atoms with Crippen LogP contribution < -0.4 is 15.1 Å². The van der Waals surface area contributed by atoms with Crippen LogP contribution in [0.1, 0.15) is 43.4 Å². The Labute approximate surface area is 162 Å². The Kier molecular flexibility index (Phi) is 5.46. The standard InChI is InChI=1S/C22H31N5/c1-17-7-6-10-20(15-17)26-11-13-27(14-12-26)21-16-18(2)23-22(25-21)24-19-8-4-3-5-9-19/h6-7,10,15-16,19H,3-5,8-9,11-14H2,1-2H3,(H,23,24,25). The third-order valence-electron chi connectivity index (χ3n) is 5.75. The zero-order chi connectivity index (χ0) is 18.6. The minimum Gasteiger partial charge on any atom is -0.368 e. The molecule has 4 rings (SSSR count). The first-order chi connectivity index (χ1) is 13.2. The molecule has 144 valence electrons. The van der Waals surface area contributed by atoms with Crippen molar-refractivity contribution in [1.82, 2.24) is 9.97 Å². The molecule has 2 aliphatic rings. The lowest BCUT2D eigenvalue weighted by Gasteiger charge is -2.37. The van der Waals surface area contributed by atoms with Crippen molar-refractivity contribution < 1.29 is 0 Å².